The van der Waals surface area contributed by atoms with E-state index in [1.54, 1.807) is 0 Å². The van der Waals surface area contributed by atoms with Crippen molar-refractivity contribution in [2.45, 2.75) is 71.3 Å². The number of benzene rings is 1. The largest absolute Gasteiger partial charge is 0.508 e. The summed E-state index contributed by atoms with van der Waals surface area (Å²) in [4.78, 5) is 11.8. The first-order valence-electron chi connectivity index (χ1n) is 8.66. The van der Waals surface area contributed by atoms with Gasteiger partial charge in [-0.3, -0.25) is 0 Å². The first-order valence-corrected chi connectivity index (χ1v) is 8.66. The van der Waals surface area contributed by atoms with Crippen LogP contribution in [0.5, 0.6) is 0 Å². The molecule has 1 aromatic rings. The smallest absolute Gasteiger partial charge is 0.434 e. The molecule has 3 nitrogen and oxygen atoms in total. The quantitative estimate of drug-likeness (QED) is 0.369. The fourth-order valence-electron chi connectivity index (χ4n) is 2.38. The Morgan fingerprint density at radius 2 is 1.64 bits per heavy atom. The van der Waals surface area contributed by atoms with E-state index >= 15 is 0 Å². The molecule has 0 aliphatic rings. The van der Waals surface area contributed by atoms with Gasteiger partial charge in [-0.1, -0.05) is 76.3 Å². The van der Waals surface area contributed by atoms with Gasteiger partial charge in [0.2, 0.25) is 0 Å². The molecule has 0 aliphatic carbocycles. The molecule has 1 rings (SSSR count). The van der Waals surface area contributed by atoms with Gasteiger partial charge in [0.15, 0.2) is 0 Å². The molecule has 0 saturated carbocycles. The van der Waals surface area contributed by atoms with Gasteiger partial charge in [0.05, 0.1) is 6.61 Å². The molecule has 0 amide bonds. The summed E-state index contributed by atoms with van der Waals surface area (Å²) >= 11 is 0. The van der Waals surface area contributed by atoms with Crippen molar-refractivity contribution >= 4 is 6.16 Å². The third-order valence-electron chi connectivity index (χ3n) is 3.70. The average molecular weight is 306 g/mol. The Kier molecular flexibility index (Phi) is 10.2. The van der Waals surface area contributed by atoms with E-state index in [1.165, 1.54) is 12.8 Å². The molecule has 0 fully saturated rings. The number of carbonyl (C=O) groups is 1. The van der Waals surface area contributed by atoms with E-state index in [9.17, 15) is 4.79 Å². The van der Waals surface area contributed by atoms with Crippen LogP contribution in [0.1, 0.15) is 76.9 Å². The van der Waals surface area contributed by atoms with Crippen LogP contribution in [-0.2, 0) is 9.47 Å². The number of unbranched alkanes of at least 4 members (excludes halogenated alkanes) is 5. The Hall–Kier alpha value is -1.51. The molecule has 1 aromatic carbocycles. The molecule has 0 N–H and O–H groups in total. The van der Waals surface area contributed by atoms with E-state index in [0.29, 0.717) is 6.61 Å². The topological polar surface area (TPSA) is 35.5 Å². The second kappa shape index (κ2) is 12.1. The zero-order valence-electron chi connectivity index (χ0n) is 14.1. The lowest BCUT2D eigenvalue weighted by molar-refractivity contribution is 0.0183. The van der Waals surface area contributed by atoms with Crippen LogP contribution in [-0.4, -0.2) is 12.8 Å². The number of rotatable bonds is 11. The Balaban J connectivity index is 2.41. The van der Waals surface area contributed by atoms with Crippen LogP contribution in [0.15, 0.2) is 30.3 Å². The van der Waals surface area contributed by atoms with Gasteiger partial charge in [-0.15, -0.1) is 0 Å². The van der Waals surface area contributed by atoms with Crippen LogP contribution in [0.25, 0.3) is 0 Å². The van der Waals surface area contributed by atoms with Crippen LogP contribution < -0.4 is 0 Å². The minimum Gasteiger partial charge on any atom is -0.434 e. The van der Waals surface area contributed by atoms with Gasteiger partial charge in [-0.25, -0.2) is 4.79 Å². The van der Waals surface area contributed by atoms with E-state index in [0.717, 1.165) is 44.1 Å². The summed E-state index contributed by atoms with van der Waals surface area (Å²) in [5, 5.41) is 0. The van der Waals surface area contributed by atoms with Gasteiger partial charge in [-0.2, -0.15) is 0 Å². The number of ether oxygens (including phenoxy) is 2. The molecule has 124 valence electrons. The van der Waals surface area contributed by atoms with Crippen molar-refractivity contribution in [1.29, 1.82) is 0 Å². The normalized spacial score (nSPS) is 11.9. The molecule has 0 bridgehead atoms. The first kappa shape index (κ1) is 18.5. The lowest BCUT2D eigenvalue weighted by Gasteiger charge is -2.18. The van der Waals surface area contributed by atoms with Gasteiger partial charge >= 0.3 is 6.16 Å². The second-order valence-corrected chi connectivity index (χ2v) is 5.67. The Labute approximate surface area is 135 Å². The maximum absolute atomic E-state index is 11.8. The van der Waals surface area contributed by atoms with Crippen molar-refractivity contribution in [3.63, 3.8) is 0 Å². The lowest BCUT2D eigenvalue weighted by atomic mass is 10.0. The summed E-state index contributed by atoms with van der Waals surface area (Å²) in [5.41, 5.74) is 1.04. The monoisotopic (exact) mass is 306 g/mol. The molecular weight excluding hydrogens is 276 g/mol. The Morgan fingerprint density at radius 1 is 0.955 bits per heavy atom. The Morgan fingerprint density at radius 3 is 2.32 bits per heavy atom. The van der Waals surface area contributed by atoms with E-state index in [2.05, 4.69) is 13.8 Å². The maximum atomic E-state index is 11.8. The van der Waals surface area contributed by atoms with Crippen molar-refractivity contribution in [1.82, 2.24) is 0 Å². The summed E-state index contributed by atoms with van der Waals surface area (Å²) < 4.78 is 10.7. The lowest BCUT2D eigenvalue weighted by Crippen LogP contribution is -2.14. The molecule has 0 aromatic heterocycles. The van der Waals surface area contributed by atoms with Crippen molar-refractivity contribution in [3.8, 4) is 0 Å². The molecule has 1 atom stereocenters. The Bertz CT molecular complexity index is 389. The number of hydrogen-bond acceptors (Lipinski definition) is 3. The summed E-state index contributed by atoms with van der Waals surface area (Å²) in [5.74, 6) is 0. The highest BCUT2D eigenvalue weighted by Gasteiger charge is 2.17. The van der Waals surface area contributed by atoms with Gasteiger partial charge in [0.25, 0.3) is 0 Å². The zero-order chi connectivity index (χ0) is 16.0. The van der Waals surface area contributed by atoms with Crippen LogP contribution in [0, 0.1) is 0 Å². The van der Waals surface area contributed by atoms with E-state index in [4.69, 9.17) is 9.47 Å². The minimum atomic E-state index is -0.540. The summed E-state index contributed by atoms with van der Waals surface area (Å²) in [7, 11) is 0. The van der Waals surface area contributed by atoms with E-state index < -0.39 is 6.16 Å². The van der Waals surface area contributed by atoms with Crippen molar-refractivity contribution in [2.75, 3.05) is 6.61 Å². The second-order valence-electron chi connectivity index (χ2n) is 5.67. The SMILES string of the molecule is CCCCCCOC(=O)OC(CCCCC)c1ccccc1. The standard InChI is InChI=1S/C19H30O3/c1-3-5-7-12-16-21-19(20)22-18(15-9-6-4-2)17-13-10-8-11-14-17/h8,10-11,13-14,18H,3-7,9,12,15-16H2,1-2H3. The molecule has 0 radical (unpaired) electrons. The molecule has 3 heteroatoms. The van der Waals surface area contributed by atoms with Crippen LogP contribution in [0.4, 0.5) is 4.79 Å². The fourth-order valence-corrected chi connectivity index (χ4v) is 2.38. The highest BCUT2D eigenvalue weighted by Crippen LogP contribution is 2.24. The molecule has 0 saturated heterocycles. The predicted molar refractivity (Wildman–Crippen MR) is 89.9 cm³/mol. The number of carbonyl (C=O) groups excluding carboxylic acids is 1. The third kappa shape index (κ3) is 8.06. The maximum Gasteiger partial charge on any atom is 0.508 e. The zero-order valence-corrected chi connectivity index (χ0v) is 14.1. The van der Waals surface area contributed by atoms with Gasteiger partial charge < -0.3 is 9.47 Å². The third-order valence-corrected chi connectivity index (χ3v) is 3.70. The average Bonchev–Trinajstić information content (AvgIpc) is 2.55. The van der Waals surface area contributed by atoms with Crippen LogP contribution in [0.2, 0.25) is 0 Å². The van der Waals surface area contributed by atoms with Crippen molar-refractivity contribution < 1.29 is 14.3 Å². The molecule has 0 heterocycles. The number of hydrogen-bond donors (Lipinski definition) is 0. The first-order chi connectivity index (χ1) is 10.8. The van der Waals surface area contributed by atoms with E-state index in [1.807, 2.05) is 30.3 Å². The molecule has 0 aliphatic heterocycles. The van der Waals surface area contributed by atoms with Gasteiger partial charge in [0.1, 0.15) is 6.10 Å². The summed E-state index contributed by atoms with van der Waals surface area (Å²) in [6.07, 6.45) is 7.85. The van der Waals surface area contributed by atoms with Crippen LogP contribution >= 0.6 is 0 Å². The van der Waals surface area contributed by atoms with E-state index in [-0.39, 0.29) is 6.10 Å². The summed E-state index contributed by atoms with van der Waals surface area (Å²) in [6, 6.07) is 9.93. The minimum absolute atomic E-state index is 0.198. The predicted octanol–water partition coefficient (Wildman–Crippen LogP) is 6.04. The van der Waals surface area contributed by atoms with Crippen molar-refractivity contribution in [3.05, 3.63) is 35.9 Å². The molecule has 1 unspecified atom stereocenters. The molecule has 22 heavy (non-hydrogen) atoms. The summed E-state index contributed by atoms with van der Waals surface area (Å²) in [6.45, 7) is 4.79. The van der Waals surface area contributed by atoms with Crippen LogP contribution in [0.3, 0.4) is 0 Å². The highest BCUT2D eigenvalue weighted by molar-refractivity contribution is 5.60. The highest BCUT2D eigenvalue weighted by atomic mass is 16.7. The van der Waals surface area contributed by atoms with Gasteiger partial charge in [-0.05, 0) is 24.8 Å². The fraction of sp³-hybridized carbons (Fsp3) is 0.632. The van der Waals surface area contributed by atoms with Crippen molar-refractivity contribution in [2.24, 2.45) is 0 Å². The molecular formula is C19H30O3. The molecule has 0 spiro atoms. The van der Waals surface area contributed by atoms with Gasteiger partial charge in [0, 0.05) is 0 Å².